The van der Waals surface area contributed by atoms with Gasteiger partial charge in [0.1, 0.15) is 5.82 Å². The van der Waals surface area contributed by atoms with Gasteiger partial charge in [0.15, 0.2) is 23.2 Å². The summed E-state index contributed by atoms with van der Waals surface area (Å²) in [5.74, 6) is -3.71. The highest BCUT2D eigenvalue weighted by Crippen LogP contribution is 2.22. The molecule has 1 unspecified atom stereocenters. The summed E-state index contributed by atoms with van der Waals surface area (Å²) in [7, 11) is 1.56. The van der Waals surface area contributed by atoms with E-state index in [-0.39, 0.29) is 24.7 Å². The average Bonchev–Trinajstić information content (AvgIpc) is 2.61. The van der Waals surface area contributed by atoms with Crippen molar-refractivity contribution in [2.24, 2.45) is 0 Å². The van der Waals surface area contributed by atoms with E-state index in [4.69, 9.17) is 4.74 Å². The molecular weight excluding hydrogens is 350 g/mol. The number of amides is 1. The summed E-state index contributed by atoms with van der Waals surface area (Å²) in [6, 6.07) is 6.05. The number of carbonyl (C=O) groups is 1. The van der Waals surface area contributed by atoms with Crippen molar-refractivity contribution in [3.63, 3.8) is 0 Å². The molecular formula is C19H19F4NO2. The van der Waals surface area contributed by atoms with Crippen LogP contribution >= 0.6 is 0 Å². The summed E-state index contributed by atoms with van der Waals surface area (Å²) in [5.41, 5.74) is 0.476. The largest absolute Gasteiger partial charge is 0.491 e. The van der Waals surface area contributed by atoms with Crippen LogP contribution in [0.25, 0.3) is 0 Å². The quantitative estimate of drug-likeness (QED) is 0.526. The Hall–Kier alpha value is -2.57. The van der Waals surface area contributed by atoms with Crippen molar-refractivity contribution in [2.75, 3.05) is 13.7 Å². The summed E-state index contributed by atoms with van der Waals surface area (Å²) in [4.78, 5) is 13.6. The molecule has 140 valence electrons. The van der Waals surface area contributed by atoms with Gasteiger partial charge in [-0.1, -0.05) is 6.07 Å². The van der Waals surface area contributed by atoms with Gasteiger partial charge in [-0.05, 0) is 43.2 Å². The Labute approximate surface area is 149 Å². The Bertz CT molecular complexity index is 782. The third-order valence-electron chi connectivity index (χ3n) is 4.09. The lowest BCUT2D eigenvalue weighted by atomic mass is 10.1. The van der Waals surface area contributed by atoms with E-state index >= 15 is 0 Å². The summed E-state index contributed by atoms with van der Waals surface area (Å²) < 4.78 is 57.7. The zero-order valence-corrected chi connectivity index (χ0v) is 14.4. The minimum atomic E-state index is -0.968. The first kappa shape index (κ1) is 19.8. The van der Waals surface area contributed by atoms with Crippen LogP contribution in [0.4, 0.5) is 17.6 Å². The maximum atomic E-state index is 13.4. The first-order valence-electron chi connectivity index (χ1n) is 8.08. The molecule has 0 saturated carbocycles. The van der Waals surface area contributed by atoms with E-state index in [0.717, 1.165) is 24.3 Å². The van der Waals surface area contributed by atoms with Crippen molar-refractivity contribution in [1.29, 1.82) is 0 Å². The zero-order chi connectivity index (χ0) is 19.3. The lowest BCUT2D eigenvalue weighted by Crippen LogP contribution is -2.29. The number of carbonyl (C=O) groups excluding carboxylic acids is 1. The van der Waals surface area contributed by atoms with Gasteiger partial charge >= 0.3 is 0 Å². The number of rotatable bonds is 7. The van der Waals surface area contributed by atoms with Crippen LogP contribution < -0.4 is 4.74 Å². The van der Waals surface area contributed by atoms with Crippen LogP contribution in [0.1, 0.15) is 31.4 Å². The molecule has 1 atom stereocenters. The van der Waals surface area contributed by atoms with Crippen molar-refractivity contribution in [3.05, 3.63) is 65.2 Å². The normalized spacial score (nSPS) is 11.9. The molecule has 0 fully saturated rings. The van der Waals surface area contributed by atoms with Crippen LogP contribution in [-0.2, 0) is 4.79 Å². The molecule has 0 spiro atoms. The smallest absolute Gasteiger partial charge is 0.222 e. The van der Waals surface area contributed by atoms with Gasteiger partial charge in [-0.3, -0.25) is 4.79 Å². The lowest BCUT2D eigenvalue weighted by Gasteiger charge is -2.25. The molecule has 0 aliphatic rings. The topological polar surface area (TPSA) is 29.5 Å². The average molecular weight is 369 g/mol. The highest BCUT2D eigenvalue weighted by Gasteiger charge is 2.18. The minimum Gasteiger partial charge on any atom is -0.491 e. The molecule has 0 saturated heterocycles. The molecule has 0 heterocycles. The van der Waals surface area contributed by atoms with E-state index in [1.807, 2.05) is 0 Å². The molecule has 0 aliphatic carbocycles. The lowest BCUT2D eigenvalue weighted by molar-refractivity contribution is -0.132. The van der Waals surface area contributed by atoms with Gasteiger partial charge in [0.05, 0.1) is 12.6 Å². The maximum Gasteiger partial charge on any atom is 0.222 e. The number of halogens is 4. The molecule has 0 bridgehead atoms. The summed E-state index contributed by atoms with van der Waals surface area (Å²) in [6.45, 7) is 1.79. The Morgan fingerprint density at radius 3 is 2.42 bits per heavy atom. The van der Waals surface area contributed by atoms with Gasteiger partial charge in [-0.2, -0.15) is 0 Å². The zero-order valence-electron chi connectivity index (χ0n) is 14.4. The highest BCUT2D eigenvalue weighted by molar-refractivity contribution is 5.76. The van der Waals surface area contributed by atoms with Crippen molar-refractivity contribution in [2.45, 2.75) is 25.8 Å². The van der Waals surface area contributed by atoms with Crippen LogP contribution in [0.15, 0.2) is 36.4 Å². The third kappa shape index (κ3) is 4.97. The highest BCUT2D eigenvalue weighted by atomic mass is 19.2. The van der Waals surface area contributed by atoms with E-state index in [0.29, 0.717) is 12.0 Å². The molecule has 26 heavy (non-hydrogen) atoms. The van der Waals surface area contributed by atoms with Gasteiger partial charge in [-0.15, -0.1) is 0 Å². The molecule has 1 amide bonds. The number of benzene rings is 2. The Morgan fingerprint density at radius 1 is 1.04 bits per heavy atom. The standard InChI is InChI=1S/C19H19F4NO2/c1-12(13-5-7-15(21)16(22)10-13)24(2)19(25)4-3-9-26-18-8-6-14(20)11-17(18)23/h5-8,10-12H,3-4,9H2,1-2H3. The fourth-order valence-corrected chi connectivity index (χ4v) is 2.39. The second-order valence-electron chi connectivity index (χ2n) is 5.88. The monoisotopic (exact) mass is 369 g/mol. The van der Waals surface area contributed by atoms with Crippen LogP contribution in [0.2, 0.25) is 0 Å². The third-order valence-corrected chi connectivity index (χ3v) is 4.09. The predicted octanol–water partition coefficient (Wildman–Crippen LogP) is 4.62. The number of ether oxygens (including phenoxy) is 1. The first-order valence-corrected chi connectivity index (χ1v) is 8.08. The van der Waals surface area contributed by atoms with Gasteiger partial charge in [0.2, 0.25) is 5.91 Å². The molecule has 0 aromatic heterocycles. The minimum absolute atomic E-state index is 0.0811. The number of hydrogen-bond donors (Lipinski definition) is 0. The van der Waals surface area contributed by atoms with Gasteiger partial charge in [0.25, 0.3) is 0 Å². The Kier molecular flexibility index (Phi) is 6.60. The van der Waals surface area contributed by atoms with E-state index < -0.39 is 29.3 Å². The summed E-state index contributed by atoms with van der Waals surface area (Å²) in [5, 5.41) is 0. The van der Waals surface area contributed by atoms with Crippen molar-refractivity contribution in [1.82, 2.24) is 4.90 Å². The second-order valence-corrected chi connectivity index (χ2v) is 5.88. The van der Waals surface area contributed by atoms with Crippen molar-refractivity contribution < 1.29 is 27.1 Å². The molecule has 2 aromatic rings. The molecule has 2 aromatic carbocycles. The fourth-order valence-electron chi connectivity index (χ4n) is 2.39. The van der Waals surface area contributed by atoms with E-state index in [1.165, 1.54) is 17.0 Å². The molecule has 0 radical (unpaired) electrons. The number of nitrogens with zero attached hydrogens (tertiary/aromatic N) is 1. The molecule has 2 rings (SSSR count). The molecule has 0 aliphatic heterocycles. The van der Waals surface area contributed by atoms with Crippen LogP contribution in [0.3, 0.4) is 0 Å². The van der Waals surface area contributed by atoms with Crippen LogP contribution in [0, 0.1) is 23.3 Å². The summed E-state index contributed by atoms with van der Waals surface area (Å²) in [6.07, 6.45) is 0.456. The van der Waals surface area contributed by atoms with Gasteiger partial charge in [-0.25, -0.2) is 17.6 Å². The molecule has 7 heteroatoms. The van der Waals surface area contributed by atoms with Crippen LogP contribution in [-0.4, -0.2) is 24.5 Å². The maximum absolute atomic E-state index is 13.4. The van der Waals surface area contributed by atoms with Gasteiger partial charge < -0.3 is 9.64 Å². The van der Waals surface area contributed by atoms with E-state index in [2.05, 4.69) is 0 Å². The summed E-state index contributed by atoms with van der Waals surface area (Å²) >= 11 is 0. The fraction of sp³-hybridized carbons (Fsp3) is 0.316. The predicted molar refractivity (Wildman–Crippen MR) is 88.6 cm³/mol. The van der Waals surface area contributed by atoms with Crippen molar-refractivity contribution >= 4 is 5.91 Å². The van der Waals surface area contributed by atoms with Gasteiger partial charge in [0, 0.05) is 19.5 Å². The van der Waals surface area contributed by atoms with E-state index in [1.54, 1.807) is 14.0 Å². The molecule has 0 N–H and O–H groups in total. The Balaban J connectivity index is 1.83. The van der Waals surface area contributed by atoms with E-state index in [9.17, 15) is 22.4 Å². The first-order chi connectivity index (χ1) is 12.3. The number of hydrogen-bond acceptors (Lipinski definition) is 2. The van der Waals surface area contributed by atoms with Crippen LogP contribution in [0.5, 0.6) is 5.75 Å². The second kappa shape index (κ2) is 8.69. The van der Waals surface area contributed by atoms with Crippen molar-refractivity contribution in [3.8, 4) is 5.75 Å². The molecule has 3 nitrogen and oxygen atoms in total. The SMILES string of the molecule is CC(c1ccc(F)c(F)c1)N(C)C(=O)CCCOc1ccc(F)cc1F. The Morgan fingerprint density at radius 2 is 1.77 bits per heavy atom.